The molecule has 66 valence electrons. The second kappa shape index (κ2) is 4.88. The zero-order chi connectivity index (χ0) is 8.81. The van der Waals surface area contributed by atoms with Gasteiger partial charge in [0.15, 0.2) is 0 Å². The zero-order valence-corrected chi connectivity index (χ0v) is 7.40. The predicted molar refractivity (Wildman–Crippen MR) is 48.7 cm³/mol. The molecule has 1 heterocycles. The minimum absolute atomic E-state index is 0.383. The second-order valence-corrected chi connectivity index (χ2v) is 2.91. The Morgan fingerprint density at radius 1 is 1.50 bits per heavy atom. The van der Waals surface area contributed by atoms with Crippen LogP contribution >= 0.6 is 0 Å². The van der Waals surface area contributed by atoms with Crippen LogP contribution in [0.1, 0.15) is 38.0 Å². The van der Waals surface area contributed by atoms with Gasteiger partial charge < -0.3 is 5.11 Å². The maximum atomic E-state index is 9.59. The molecule has 2 heteroatoms. The molecule has 1 aromatic rings. The molecule has 1 rings (SSSR count). The van der Waals surface area contributed by atoms with Gasteiger partial charge in [-0.2, -0.15) is 0 Å². The van der Waals surface area contributed by atoms with Crippen molar-refractivity contribution >= 4 is 0 Å². The van der Waals surface area contributed by atoms with E-state index in [-0.39, 0.29) is 6.10 Å². The fraction of sp³-hybridized carbons (Fsp3) is 0.500. The maximum absolute atomic E-state index is 9.59. The van der Waals surface area contributed by atoms with E-state index in [0.717, 1.165) is 25.0 Å². The highest BCUT2D eigenvalue weighted by Crippen LogP contribution is 2.15. The van der Waals surface area contributed by atoms with Crippen LogP contribution in [0.15, 0.2) is 24.4 Å². The van der Waals surface area contributed by atoms with E-state index < -0.39 is 0 Å². The van der Waals surface area contributed by atoms with Gasteiger partial charge in [0.05, 0.1) is 11.8 Å². The van der Waals surface area contributed by atoms with Crippen molar-refractivity contribution in [3.8, 4) is 0 Å². The van der Waals surface area contributed by atoms with Crippen LogP contribution in [0.3, 0.4) is 0 Å². The minimum atomic E-state index is -0.383. The number of aliphatic hydroxyl groups excluding tert-OH is 1. The van der Waals surface area contributed by atoms with Crippen LogP contribution in [0.2, 0.25) is 0 Å². The molecule has 0 saturated heterocycles. The average Bonchev–Trinajstić information content (AvgIpc) is 2.15. The topological polar surface area (TPSA) is 33.1 Å². The van der Waals surface area contributed by atoms with E-state index in [9.17, 15) is 5.11 Å². The molecule has 0 aliphatic carbocycles. The highest BCUT2D eigenvalue weighted by atomic mass is 16.3. The summed E-state index contributed by atoms with van der Waals surface area (Å²) in [6.45, 7) is 2.12. The van der Waals surface area contributed by atoms with E-state index in [0.29, 0.717) is 0 Å². The molecule has 1 atom stereocenters. The quantitative estimate of drug-likeness (QED) is 0.742. The molecule has 0 bridgehead atoms. The lowest BCUT2D eigenvalue weighted by Crippen LogP contribution is -1.99. The van der Waals surface area contributed by atoms with Crippen molar-refractivity contribution in [2.75, 3.05) is 0 Å². The van der Waals surface area contributed by atoms with E-state index in [1.54, 1.807) is 6.20 Å². The van der Waals surface area contributed by atoms with Gasteiger partial charge in [0.1, 0.15) is 0 Å². The third kappa shape index (κ3) is 2.62. The monoisotopic (exact) mass is 165 g/mol. The predicted octanol–water partition coefficient (Wildman–Crippen LogP) is 2.31. The lowest BCUT2D eigenvalue weighted by atomic mass is 10.1. The first kappa shape index (κ1) is 9.20. The number of nitrogens with zero attached hydrogens (tertiary/aromatic N) is 1. The van der Waals surface area contributed by atoms with Gasteiger partial charge in [0.2, 0.25) is 0 Å². The Bertz CT molecular complexity index is 210. The lowest BCUT2D eigenvalue weighted by molar-refractivity contribution is 0.159. The normalized spacial score (nSPS) is 12.8. The first-order chi connectivity index (χ1) is 5.84. The van der Waals surface area contributed by atoms with Gasteiger partial charge in [0.25, 0.3) is 0 Å². The SMILES string of the molecule is CCCC[C@H](O)c1ccccn1. The van der Waals surface area contributed by atoms with Gasteiger partial charge in [-0.1, -0.05) is 25.8 Å². The van der Waals surface area contributed by atoms with Gasteiger partial charge in [-0.15, -0.1) is 0 Å². The molecule has 0 unspecified atom stereocenters. The van der Waals surface area contributed by atoms with Crippen LogP contribution < -0.4 is 0 Å². The highest BCUT2D eigenvalue weighted by Gasteiger charge is 2.06. The van der Waals surface area contributed by atoms with Gasteiger partial charge in [-0.25, -0.2) is 0 Å². The summed E-state index contributed by atoms with van der Waals surface area (Å²) < 4.78 is 0. The van der Waals surface area contributed by atoms with E-state index in [2.05, 4.69) is 11.9 Å². The Labute approximate surface area is 73.3 Å². The minimum Gasteiger partial charge on any atom is -0.387 e. The standard InChI is InChI=1S/C10H15NO/c1-2-3-7-10(12)9-6-4-5-8-11-9/h4-6,8,10,12H,2-3,7H2,1H3/t10-/m0/s1. The van der Waals surface area contributed by atoms with Gasteiger partial charge in [-0.3, -0.25) is 4.98 Å². The first-order valence-electron chi connectivity index (χ1n) is 4.43. The highest BCUT2D eigenvalue weighted by molar-refractivity contribution is 5.06. The molecule has 0 saturated carbocycles. The molecular weight excluding hydrogens is 150 g/mol. The smallest absolute Gasteiger partial charge is 0.0959 e. The summed E-state index contributed by atoms with van der Waals surface area (Å²) in [4.78, 5) is 4.08. The second-order valence-electron chi connectivity index (χ2n) is 2.91. The van der Waals surface area contributed by atoms with E-state index >= 15 is 0 Å². The largest absolute Gasteiger partial charge is 0.387 e. The van der Waals surface area contributed by atoms with Crippen LogP contribution in [0.5, 0.6) is 0 Å². The summed E-state index contributed by atoms with van der Waals surface area (Å²) in [6.07, 6.45) is 4.31. The molecule has 0 radical (unpaired) electrons. The van der Waals surface area contributed by atoms with Crippen molar-refractivity contribution in [1.82, 2.24) is 4.98 Å². The van der Waals surface area contributed by atoms with Gasteiger partial charge in [-0.05, 0) is 18.6 Å². The van der Waals surface area contributed by atoms with Crippen molar-refractivity contribution in [2.24, 2.45) is 0 Å². The Balaban J connectivity index is 2.48. The fourth-order valence-corrected chi connectivity index (χ4v) is 1.12. The molecule has 0 spiro atoms. The number of rotatable bonds is 4. The third-order valence-corrected chi connectivity index (χ3v) is 1.86. The van der Waals surface area contributed by atoms with Crippen molar-refractivity contribution in [1.29, 1.82) is 0 Å². The summed E-state index contributed by atoms with van der Waals surface area (Å²) in [5, 5.41) is 9.59. The Morgan fingerprint density at radius 2 is 2.33 bits per heavy atom. The fourth-order valence-electron chi connectivity index (χ4n) is 1.12. The molecule has 2 nitrogen and oxygen atoms in total. The summed E-state index contributed by atoms with van der Waals surface area (Å²) in [5.74, 6) is 0. The lowest BCUT2D eigenvalue weighted by Gasteiger charge is -2.07. The van der Waals surface area contributed by atoms with Gasteiger partial charge in [0, 0.05) is 6.20 Å². The molecular formula is C10H15NO. The van der Waals surface area contributed by atoms with Crippen LogP contribution in [0.4, 0.5) is 0 Å². The number of unbranched alkanes of at least 4 members (excludes halogenated alkanes) is 1. The Hall–Kier alpha value is -0.890. The van der Waals surface area contributed by atoms with E-state index in [1.165, 1.54) is 0 Å². The molecule has 0 aliphatic heterocycles. The number of hydrogen-bond acceptors (Lipinski definition) is 2. The Kier molecular flexibility index (Phi) is 3.74. The molecule has 0 aliphatic rings. The number of pyridine rings is 1. The molecule has 1 N–H and O–H groups in total. The molecule has 0 aromatic carbocycles. The van der Waals surface area contributed by atoms with E-state index in [4.69, 9.17) is 0 Å². The van der Waals surface area contributed by atoms with Crippen LogP contribution in [-0.4, -0.2) is 10.1 Å². The van der Waals surface area contributed by atoms with Crippen molar-refractivity contribution in [3.63, 3.8) is 0 Å². The van der Waals surface area contributed by atoms with Crippen LogP contribution in [0, 0.1) is 0 Å². The summed E-state index contributed by atoms with van der Waals surface area (Å²) >= 11 is 0. The van der Waals surface area contributed by atoms with E-state index in [1.807, 2.05) is 18.2 Å². The summed E-state index contributed by atoms with van der Waals surface area (Å²) in [6, 6.07) is 5.62. The third-order valence-electron chi connectivity index (χ3n) is 1.86. The zero-order valence-electron chi connectivity index (χ0n) is 7.40. The van der Waals surface area contributed by atoms with Crippen molar-refractivity contribution in [3.05, 3.63) is 30.1 Å². The van der Waals surface area contributed by atoms with Crippen LogP contribution in [0.25, 0.3) is 0 Å². The number of hydrogen-bond donors (Lipinski definition) is 1. The molecule has 12 heavy (non-hydrogen) atoms. The number of aliphatic hydroxyl groups is 1. The van der Waals surface area contributed by atoms with Crippen molar-refractivity contribution < 1.29 is 5.11 Å². The number of aromatic nitrogens is 1. The molecule has 1 aromatic heterocycles. The summed E-state index contributed by atoms with van der Waals surface area (Å²) in [5.41, 5.74) is 0.783. The molecule has 0 amide bonds. The Morgan fingerprint density at radius 3 is 2.92 bits per heavy atom. The van der Waals surface area contributed by atoms with Gasteiger partial charge >= 0.3 is 0 Å². The maximum Gasteiger partial charge on any atom is 0.0959 e. The summed E-state index contributed by atoms with van der Waals surface area (Å²) in [7, 11) is 0. The van der Waals surface area contributed by atoms with Crippen LogP contribution in [-0.2, 0) is 0 Å². The average molecular weight is 165 g/mol. The molecule has 0 fully saturated rings. The first-order valence-corrected chi connectivity index (χ1v) is 4.43. The van der Waals surface area contributed by atoms with Crippen molar-refractivity contribution in [2.45, 2.75) is 32.3 Å².